The van der Waals surface area contributed by atoms with Crippen LogP contribution in [-0.2, 0) is 4.79 Å². The van der Waals surface area contributed by atoms with Gasteiger partial charge in [-0.05, 0) is 38.8 Å². The summed E-state index contributed by atoms with van der Waals surface area (Å²) in [5, 5.41) is 1.02. The van der Waals surface area contributed by atoms with Gasteiger partial charge in [0, 0.05) is 44.1 Å². The Bertz CT molecular complexity index is 808. The molecule has 2 aromatic rings. The highest BCUT2D eigenvalue weighted by atomic mass is 32.2. The molecule has 1 aliphatic carbocycles. The van der Waals surface area contributed by atoms with Gasteiger partial charge in [-0.25, -0.2) is 9.97 Å². The van der Waals surface area contributed by atoms with Gasteiger partial charge in [0.25, 0.3) is 0 Å². The number of hydrogen-bond donors (Lipinski definition) is 0. The second kappa shape index (κ2) is 8.55. The molecule has 0 bridgehead atoms. The van der Waals surface area contributed by atoms with Crippen LogP contribution in [0.3, 0.4) is 0 Å². The molecule has 7 heteroatoms. The van der Waals surface area contributed by atoms with E-state index in [9.17, 15) is 4.79 Å². The van der Waals surface area contributed by atoms with Crippen LogP contribution < -0.4 is 4.90 Å². The van der Waals surface area contributed by atoms with Gasteiger partial charge in [-0.15, -0.1) is 0 Å². The van der Waals surface area contributed by atoms with E-state index in [1.54, 1.807) is 11.8 Å². The van der Waals surface area contributed by atoms with E-state index in [0.717, 1.165) is 42.8 Å². The molecule has 1 saturated carbocycles. The minimum absolute atomic E-state index is 0.210. The molecule has 150 valence electrons. The highest BCUT2D eigenvalue weighted by molar-refractivity contribution is 7.99. The molecular formula is C21H29N5OS. The Hall–Kier alpha value is -2.02. The number of imidazole rings is 1. The second-order valence-corrected chi connectivity index (χ2v) is 8.66. The van der Waals surface area contributed by atoms with Crippen molar-refractivity contribution in [3.63, 3.8) is 0 Å². The summed E-state index contributed by atoms with van der Waals surface area (Å²) in [6.07, 6.45) is 6.87. The molecule has 6 nitrogen and oxygen atoms in total. The van der Waals surface area contributed by atoms with Gasteiger partial charge < -0.3 is 14.4 Å². The lowest BCUT2D eigenvalue weighted by Crippen LogP contribution is -2.49. The molecule has 0 radical (unpaired) electrons. The van der Waals surface area contributed by atoms with Crippen LogP contribution in [0, 0.1) is 13.8 Å². The number of thioether (sulfide) groups is 1. The van der Waals surface area contributed by atoms with E-state index in [1.807, 2.05) is 29.3 Å². The molecule has 28 heavy (non-hydrogen) atoms. The summed E-state index contributed by atoms with van der Waals surface area (Å²) in [4.78, 5) is 26.2. The Morgan fingerprint density at radius 2 is 1.89 bits per heavy atom. The lowest BCUT2D eigenvalue weighted by Gasteiger charge is -2.35. The largest absolute Gasteiger partial charge is 0.353 e. The quantitative estimate of drug-likeness (QED) is 0.721. The number of aromatic nitrogens is 3. The second-order valence-electron chi connectivity index (χ2n) is 7.72. The van der Waals surface area contributed by atoms with Crippen molar-refractivity contribution in [1.82, 2.24) is 19.4 Å². The van der Waals surface area contributed by atoms with E-state index in [4.69, 9.17) is 4.98 Å². The number of pyridine rings is 1. The maximum absolute atomic E-state index is 12.8. The number of piperazine rings is 1. The van der Waals surface area contributed by atoms with Crippen LogP contribution in [0.1, 0.15) is 43.1 Å². The van der Waals surface area contributed by atoms with Crippen LogP contribution in [0.25, 0.3) is 0 Å². The van der Waals surface area contributed by atoms with E-state index < -0.39 is 0 Å². The molecule has 2 aliphatic rings. The number of amides is 1. The minimum Gasteiger partial charge on any atom is -0.353 e. The fraction of sp³-hybridized carbons (Fsp3) is 0.571. The van der Waals surface area contributed by atoms with E-state index in [0.29, 0.717) is 11.8 Å². The summed E-state index contributed by atoms with van der Waals surface area (Å²) in [6, 6.07) is 6.52. The summed E-state index contributed by atoms with van der Waals surface area (Å²) < 4.78 is 2.39. The first-order valence-corrected chi connectivity index (χ1v) is 11.2. The molecule has 0 spiro atoms. The standard InChI is InChI=1S/C21H29N5OS/c1-16-17(2)26(18-7-3-4-8-18)21(23-16)28-15-20(27)25-13-11-24(12-14-25)19-9-5-6-10-22-19/h5-6,9-10,18H,3-4,7-8,11-15H2,1-2H3. The first-order valence-electron chi connectivity index (χ1n) is 10.3. The third kappa shape index (κ3) is 4.04. The van der Waals surface area contributed by atoms with Gasteiger partial charge in [0.15, 0.2) is 5.16 Å². The smallest absolute Gasteiger partial charge is 0.233 e. The maximum atomic E-state index is 12.8. The fourth-order valence-corrected chi connectivity index (χ4v) is 5.30. The summed E-state index contributed by atoms with van der Waals surface area (Å²) >= 11 is 1.60. The Balaban J connectivity index is 1.34. The fourth-order valence-electron chi connectivity index (χ4n) is 4.23. The summed E-state index contributed by atoms with van der Waals surface area (Å²) in [5.41, 5.74) is 2.34. The van der Waals surface area contributed by atoms with Crippen LogP contribution in [-0.4, -0.2) is 57.3 Å². The van der Waals surface area contributed by atoms with Gasteiger partial charge in [0.05, 0.1) is 11.4 Å². The number of carbonyl (C=O) groups excluding carboxylic acids is 1. The van der Waals surface area contributed by atoms with E-state index in [1.165, 1.54) is 31.4 Å². The predicted molar refractivity (Wildman–Crippen MR) is 113 cm³/mol. The van der Waals surface area contributed by atoms with E-state index in [-0.39, 0.29) is 5.91 Å². The number of hydrogen-bond acceptors (Lipinski definition) is 5. The van der Waals surface area contributed by atoms with Gasteiger partial charge in [-0.1, -0.05) is 30.7 Å². The molecule has 1 aliphatic heterocycles. The van der Waals surface area contributed by atoms with Gasteiger partial charge in [0.2, 0.25) is 5.91 Å². The SMILES string of the molecule is Cc1nc(SCC(=O)N2CCN(c3ccccn3)CC2)n(C2CCCC2)c1C. The average Bonchev–Trinajstić information content (AvgIpc) is 3.35. The zero-order valence-electron chi connectivity index (χ0n) is 16.8. The molecule has 0 unspecified atom stereocenters. The maximum Gasteiger partial charge on any atom is 0.233 e. The number of anilines is 1. The van der Waals surface area contributed by atoms with Crippen LogP contribution in [0.5, 0.6) is 0 Å². The molecule has 2 aromatic heterocycles. The van der Waals surface area contributed by atoms with Crippen molar-refractivity contribution in [3.05, 3.63) is 35.8 Å². The van der Waals surface area contributed by atoms with Crippen LogP contribution in [0.15, 0.2) is 29.6 Å². The number of nitrogens with zero attached hydrogens (tertiary/aromatic N) is 5. The summed E-state index contributed by atoms with van der Waals surface area (Å²) in [6.45, 7) is 7.41. The summed E-state index contributed by atoms with van der Waals surface area (Å²) in [7, 11) is 0. The zero-order valence-corrected chi connectivity index (χ0v) is 17.6. The number of carbonyl (C=O) groups is 1. The first kappa shape index (κ1) is 19.3. The van der Waals surface area contributed by atoms with Gasteiger partial charge in [0.1, 0.15) is 5.82 Å². The average molecular weight is 400 g/mol. The molecule has 0 atom stereocenters. The third-order valence-electron chi connectivity index (χ3n) is 5.97. The van der Waals surface area contributed by atoms with Gasteiger partial charge >= 0.3 is 0 Å². The molecule has 1 amide bonds. The molecule has 1 saturated heterocycles. The van der Waals surface area contributed by atoms with E-state index >= 15 is 0 Å². The minimum atomic E-state index is 0.210. The van der Waals surface area contributed by atoms with Crippen molar-refractivity contribution in [1.29, 1.82) is 0 Å². The van der Waals surface area contributed by atoms with Crippen molar-refractivity contribution in [2.45, 2.75) is 50.7 Å². The molecule has 0 aromatic carbocycles. The van der Waals surface area contributed by atoms with Crippen LogP contribution in [0.4, 0.5) is 5.82 Å². The third-order valence-corrected chi connectivity index (χ3v) is 6.91. The highest BCUT2D eigenvalue weighted by Crippen LogP contribution is 2.35. The normalized spacial score (nSPS) is 18.1. The van der Waals surface area contributed by atoms with Crippen molar-refractivity contribution < 1.29 is 4.79 Å². The van der Waals surface area contributed by atoms with Crippen molar-refractivity contribution in [2.24, 2.45) is 0 Å². The van der Waals surface area contributed by atoms with Gasteiger partial charge in [-0.3, -0.25) is 4.79 Å². The van der Waals surface area contributed by atoms with Crippen molar-refractivity contribution >= 4 is 23.5 Å². The topological polar surface area (TPSA) is 54.3 Å². The molecule has 2 fully saturated rings. The molecule has 3 heterocycles. The Morgan fingerprint density at radius 1 is 1.14 bits per heavy atom. The predicted octanol–water partition coefficient (Wildman–Crippen LogP) is 3.45. The Labute approximate surface area is 171 Å². The van der Waals surface area contributed by atoms with Gasteiger partial charge in [-0.2, -0.15) is 0 Å². The lowest BCUT2D eigenvalue weighted by atomic mass is 10.2. The Kier molecular flexibility index (Phi) is 5.90. The highest BCUT2D eigenvalue weighted by Gasteiger charge is 2.25. The first-order chi connectivity index (χ1) is 13.6. The molecule has 0 N–H and O–H groups in total. The van der Waals surface area contributed by atoms with E-state index in [2.05, 4.69) is 28.3 Å². The van der Waals surface area contributed by atoms with Crippen LogP contribution in [0.2, 0.25) is 0 Å². The van der Waals surface area contributed by atoms with Crippen molar-refractivity contribution in [2.75, 3.05) is 36.8 Å². The number of aryl methyl sites for hydroxylation is 1. The number of rotatable bonds is 5. The molecule has 4 rings (SSSR count). The Morgan fingerprint density at radius 3 is 2.57 bits per heavy atom. The summed E-state index contributed by atoms with van der Waals surface area (Å²) in [5.74, 6) is 1.67. The van der Waals surface area contributed by atoms with Crippen molar-refractivity contribution in [3.8, 4) is 0 Å². The monoisotopic (exact) mass is 399 g/mol. The molecular weight excluding hydrogens is 370 g/mol. The lowest BCUT2D eigenvalue weighted by molar-refractivity contribution is -0.128. The van der Waals surface area contributed by atoms with Crippen LogP contribution >= 0.6 is 11.8 Å². The zero-order chi connectivity index (χ0) is 19.5.